The normalized spacial score (nSPS) is 16.0. The molecular formula is C18H17BrN2O2. The number of hydrogen-bond donors (Lipinski definition) is 0. The first-order valence-electron chi connectivity index (χ1n) is 7.74. The number of fused-ring (bicyclic) bond motifs is 1. The minimum absolute atomic E-state index is 0.649. The topological polar surface area (TPSA) is 38.5 Å². The van der Waals surface area contributed by atoms with Crippen molar-refractivity contribution in [2.45, 2.75) is 6.54 Å². The second kappa shape index (κ2) is 6.43. The zero-order valence-corrected chi connectivity index (χ0v) is 14.3. The number of hydrogen-bond acceptors (Lipinski definition) is 4. The molecule has 1 fully saturated rings. The standard InChI is InChI=1S/C18H17BrN2O2/c19-15-4-2-1-3-14(15)18-20-16-11-13(5-6-17(16)23-18)12-21-7-9-22-10-8-21/h1-6,11H,7-10,12H2. The lowest BCUT2D eigenvalue weighted by molar-refractivity contribution is 0.0342. The summed E-state index contributed by atoms with van der Waals surface area (Å²) in [4.78, 5) is 7.06. The molecule has 4 nitrogen and oxygen atoms in total. The lowest BCUT2D eigenvalue weighted by Gasteiger charge is -2.26. The zero-order valence-electron chi connectivity index (χ0n) is 12.7. The van der Waals surface area contributed by atoms with Crippen molar-refractivity contribution in [3.63, 3.8) is 0 Å². The van der Waals surface area contributed by atoms with E-state index in [0.29, 0.717) is 5.89 Å². The Kier molecular flexibility index (Phi) is 4.16. The van der Waals surface area contributed by atoms with Crippen molar-refractivity contribution >= 4 is 27.0 Å². The molecule has 3 aromatic rings. The average Bonchev–Trinajstić information content (AvgIpc) is 2.99. The molecule has 0 bridgehead atoms. The third kappa shape index (κ3) is 3.17. The van der Waals surface area contributed by atoms with Crippen LogP contribution in [0.25, 0.3) is 22.6 Å². The van der Waals surface area contributed by atoms with Crippen molar-refractivity contribution in [1.29, 1.82) is 0 Å². The van der Waals surface area contributed by atoms with Crippen molar-refractivity contribution in [1.82, 2.24) is 9.88 Å². The van der Waals surface area contributed by atoms with Gasteiger partial charge in [0.05, 0.1) is 18.8 Å². The maximum atomic E-state index is 5.91. The van der Waals surface area contributed by atoms with E-state index in [9.17, 15) is 0 Å². The molecule has 0 spiro atoms. The van der Waals surface area contributed by atoms with Crippen LogP contribution in [0.2, 0.25) is 0 Å². The summed E-state index contributed by atoms with van der Waals surface area (Å²) >= 11 is 3.55. The van der Waals surface area contributed by atoms with E-state index in [0.717, 1.165) is 54.0 Å². The predicted molar refractivity (Wildman–Crippen MR) is 93.2 cm³/mol. The average molecular weight is 373 g/mol. The first kappa shape index (κ1) is 14.9. The fraction of sp³-hybridized carbons (Fsp3) is 0.278. The minimum atomic E-state index is 0.649. The van der Waals surface area contributed by atoms with Gasteiger partial charge in [0.1, 0.15) is 5.52 Å². The SMILES string of the molecule is Brc1ccccc1-c1nc2cc(CN3CCOCC3)ccc2o1. The molecule has 2 aromatic carbocycles. The Morgan fingerprint density at radius 1 is 1.09 bits per heavy atom. The number of ether oxygens (including phenoxy) is 1. The zero-order chi connectivity index (χ0) is 15.6. The Morgan fingerprint density at radius 3 is 2.74 bits per heavy atom. The molecule has 0 N–H and O–H groups in total. The smallest absolute Gasteiger partial charge is 0.228 e. The van der Waals surface area contributed by atoms with Crippen LogP contribution in [0.1, 0.15) is 5.56 Å². The van der Waals surface area contributed by atoms with Gasteiger partial charge < -0.3 is 9.15 Å². The largest absolute Gasteiger partial charge is 0.436 e. The molecule has 0 atom stereocenters. The van der Waals surface area contributed by atoms with Crippen molar-refractivity contribution in [3.05, 3.63) is 52.5 Å². The Balaban J connectivity index is 1.63. The molecule has 0 saturated carbocycles. The summed E-state index contributed by atoms with van der Waals surface area (Å²) < 4.78 is 12.3. The highest BCUT2D eigenvalue weighted by atomic mass is 79.9. The maximum absolute atomic E-state index is 5.91. The van der Waals surface area contributed by atoms with Crippen LogP contribution in [0, 0.1) is 0 Å². The van der Waals surface area contributed by atoms with Crippen molar-refractivity contribution in [3.8, 4) is 11.5 Å². The fourth-order valence-corrected chi connectivity index (χ4v) is 3.29. The molecule has 0 aliphatic carbocycles. The molecule has 2 heterocycles. The van der Waals surface area contributed by atoms with Gasteiger partial charge in [0, 0.05) is 24.1 Å². The van der Waals surface area contributed by atoms with Gasteiger partial charge in [0.15, 0.2) is 5.58 Å². The van der Waals surface area contributed by atoms with Gasteiger partial charge >= 0.3 is 0 Å². The van der Waals surface area contributed by atoms with Gasteiger partial charge in [-0.15, -0.1) is 0 Å². The number of morpholine rings is 1. The first-order valence-corrected chi connectivity index (χ1v) is 8.53. The van der Waals surface area contributed by atoms with Crippen LogP contribution in [0.5, 0.6) is 0 Å². The van der Waals surface area contributed by atoms with Crippen LogP contribution in [-0.2, 0) is 11.3 Å². The van der Waals surface area contributed by atoms with Gasteiger partial charge in [0.25, 0.3) is 0 Å². The molecule has 1 aromatic heterocycles. The molecule has 5 heteroatoms. The summed E-state index contributed by atoms with van der Waals surface area (Å²) in [5.41, 5.74) is 3.95. The number of nitrogens with zero attached hydrogens (tertiary/aromatic N) is 2. The van der Waals surface area contributed by atoms with Crippen LogP contribution >= 0.6 is 15.9 Å². The lowest BCUT2D eigenvalue weighted by Crippen LogP contribution is -2.35. The van der Waals surface area contributed by atoms with E-state index in [4.69, 9.17) is 9.15 Å². The number of benzene rings is 2. The summed E-state index contributed by atoms with van der Waals surface area (Å²) in [6, 6.07) is 14.2. The number of oxazole rings is 1. The molecule has 23 heavy (non-hydrogen) atoms. The Morgan fingerprint density at radius 2 is 1.91 bits per heavy atom. The van der Waals surface area contributed by atoms with E-state index in [1.54, 1.807) is 0 Å². The van der Waals surface area contributed by atoms with Crippen molar-refractivity contribution in [2.75, 3.05) is 26.3 Å². The molecule has 1 aliphatic rings. The lowest BCUT2D eigenvalue weighted by atomic mass is 10.2. The molecule has 118 valence electrons. The third-order valence-electron chi connectivity index (χ3n) is 4.07. The van der Waals surface area contributed by atoms with E-state index in [1.807, 2.05) is 30.3 Å². The second-order valence-corrected chi connectivity index (χ2v) is 6.54. The minimum Gasteiger partial charge on any atom is -0.436 e. The summed E-state index contributed by atoms with van der Waals surface area (Å²) in [6.45, 7) is 4.53. The molecular weight excluding hydrogens is 356 g/mol. The monoisotopic (exact) mass is 372 g/mol. The third-order valence-corrected chi connectivity index (χ3v) is 4.76. The number of aromatic nitrogens is 1. The Labute approximate surface area is 143 Å². The quantitative estimate of drug-likeness (QED) is 0.693. The van der Waals surface area contributed by atoms with E-state index in [-0.39, 0.29) is 0 Å². The molecule has 0 radical (unpaired) electrons. The van der Waals surface area contributed by atoms with Gasteiger partial charge in [-0.2, -0.15) is 0 Å². The first-order chi connectivity index (χ1) is 11.3. The van der Waals surface area contributed by atoms with Crippen LogP contribution in [0.15, 0.2) is 51.4 Å². The highest BCUT2D eigenvalue weighted by Crippen LogP contribution is 2.30. The van der Waals surface area contributed by atoms with E-state index >= 15 is 0 Å². The number of rotatable bonds is 3. The van der Waals surface area contributed by atoms with Crippen molar-refractivity contribution in [2.24, 2.45) is 0 Å². The highest BCUT2D eigenvalue weighted by Gasteiger charge is 2.14. The predicted octanol–water partition coefficient (Wildman–Crippen LogP) is 4.09. The molecule has 1 aliphatic heterocycles. The van der Waals surface area contributed by atoms with Gasteiger partial charge in [-0.3, -0.25) is 4.90 Å². The van der Waals surface area contributed by atoms with Crippen molar-refractivity contribution < 1.29 is 9.15 Å². The highest BCUT2D eigenvalue weighted by molar-refractivity contribution is 9.10. The van der Waals surface area contributed by atoms with Crippen LogP contribution in [-0.4, -0.2) is 36.2 Å². The van der Waals surface area contributed by atoms with Crippen LogP contribution < -0.4 is 0 Å². The van der Waals surface area contributed by atoms with Gasteiger partial charge in [0.2, 0.25) is 5.89 Å². The van der Waals surface area contributed by atoms with E-state index in [2.05, 4.69) is 37.9 Å². The molecule has 1 saturated heterocycles. The number of halogens is 1. The van der Waals surface area contributed by atoms with Gasteiger partial charge in [-0.25, -0.2) is 4.98 Å². The van der Waals surface area contributed by atoms with E-state index < -0.39 is 0 Å². The van der Waals surface area contributed by atoms with Gasteiger partial charge in [-0.1, -0.05) is 18.2 Å². The van der Waals surface area contributed by atoms with Crippen LogP contribution in [0.4, 0.5) is 0 Å². The summed E-state index contributed by atoms with van der Waals surface area (Å²) in [7, 11) is 0. The molecule has 4 rings (SSSR count). The Hall–Kier alpha value is -1.69. The summed E-state index contributed by atoms with van der Waals surface area (Å²) in [5, 5.41) is 0. The maximum Gasteiger partial charge on any atom is 0.228 e. The summed E-state index contributed by atoms with van der Waals surface area (Å²) in [6.07, 6.45) is 0. The molecule has 0 unspecified atom stereocenters. The van der Waals surface area contributed by atoms with Crippen LogP contribution in [0.3, 0.4) is 0 Å². The summed E-state index contributed by atoms with van der Waals surface area (Å²) in [5.74, 6) is 0.649. The Bertz CT molecular complexity index is 825. The van der Waals surface area contributed by atoms with E-state index in [1.165, 1.54) is 5.56 Å². The molecule has 0 amide bonds. The second-order valence-electron chi connectivity index (χ2n) is 5.69. The fourth-order valence-electron chi connectivity index (χ4n) is 2.84. The van der Waals surface area contributed by atoms with Gasteiger partial charge in [-0.05, 0) is 45.8 Å².